The first-order valence-electron chi connectivity index (χ1n) is 7.41. The molecule has 0 saturated carbocycles. The Morgan fingerprint density at radius 3 is 2.59 bits per heavy atom. The second-order valence-corrected chi connectivity index (χ2v) is 6.34. The van der Waals surface area contributed by atoms with Gasteiger partial charge in [0.1, 0.15) is 0 Å². The quantitative estimate of drug-likeness (QED) is 0.772. The largest absolute Gasteiger partial charge is 0.378 e. The fourth-order valence-corrected chi connectivity index (χ4v) is 2.26. The van der Waals surface area contributed by atoms with Gasteiger partial charge in [-0.05, 0) is 20.8 Å². The first kappa shape index (κ1) is 14.4. The summed E-state index contributed by atoms with van der Waals surface area (Å²) < 4.78 is 1.98. The summed E-state index contributed by atoms with van der Waals surface area (Å²) in [4.78, 5) is 0. The minimum Gasteiger partial charge on any atom is -0.378 e. The average Bonchev–Trinajstić information content (AvgIpc) is 3.14. The standard InChI is InChI=1S/C17H21N5/c1-17(2,3)22-12-13(10-20-22)9-18-15-11-19-21-16(15)14-7-5-4-6-8-14/h4-8,10-12,18H,9H2,1-3H3,(H,19,21). The van der Waals surface area contributed by atoms with Crippen LogP contribution in [0.4, 0.5) is 5.69 Å². The van der Waals surface area contributed by atoms with Crippen molar-refractivity contribution in [3.05, 3.63) is 54.5 Å². The molecule has 3 aromatic rings. The Hall–Kier alpha value is -2.56. The highest BCUT2D eigenvalue weighted by atomic mass is 15.3. The molecule has 0 aliphatic heterocycles. The molecule has 0 radical (unpaired) electrons. The van der Waals surface area contributed by atoms with Crippen LogP contribution in [0.25, 0.3) is 11.3 Å². The minimum atomic E-state index is 0.00306. The number of hydrogen-bond acceptors (Lipinski definition) is 3. The van der Waals surface area contributed by atoms with E-state index in [4.69, 9.17) is 0 Å². The van der Waals surface area contributed by atoms with E-state index in [0.29, 0.717) is 0 Å². The van der Waals surface area contributed by atoms with Gasteiger partial charge in [-0.3, -0.25) is 9.78 Å². The van der Waals surface area contributed by atoms with Gasteiger partial charge < -0.3 is 5.32 Å². The Bertz CT molecular complexity index is 734. The van der Waals surface area contributed by atoms with Gasteiger partial charge in [0.2, 0.25) is 0 Å². The van der Waals surface area contributed by atoms with Gasteiger partial charge in [-0.15, -0.1) is 0 Å². The maximum absolute atomic E-state index is 4.42. The molecule has 3 rings (SSSR count). The molecule has 0 atom stereocenters. The van der Waals surface area contributed by atoms with E-state index in [0.717, 1.165) is 29.1 Å². The van der Waals surface area contributed by atoms with Gasteiger partial charge in [0, 0.05) is 23.9 Å². The van der Waals surface area contributed by atoms with Crippen molar-refractivity contribution in [2.45, 2.75) is 32.9 Å². The summed E-state index contributed by atoms with van der Waals surface area (Å²) in [7, 11) is 0. The van der Waals surface area contributed by atoms with Crippen LogP contribution in [0.5, 0.6) is 0 Å². The van der Waals surface area contributed by atoms with Crippen LogP contribution in [0.1, 0.15) is 26.3 Å². The van der Waals surface area contributed by atoms with Gasteiger partial charge in [-0.2, -0.15) is 10.2 Å². The van der Waals surface area contributed by atoms with Crippen LogP contribution in [0.3, 0.4) is 0 Å². The molecule has 0 fully saturated rings. The molecule has 2 aromatic heterocycles. The van der Waals surface area contributed by atoms with Crippen molar-refractivity contribution in [3.8, 4) is 11.3 Å². The van der Waals surface area contributed by atoms with Gasteiger partial charge >= 0.3 is 0 Å². The predicted molar refractivity (Wildman–Crippen MR) is 88.6 cm³/mol. The highest BCUT2D eigenvalue weighted by Crippen LogP contribution is 2.25. The normalized spacial score (nSPS) is 11.6. The summed E-state index contributed by atoms with van der Waals surface area (Å²) in [6.07, 6.45) is 5.80. The van der Waals surface area contributed by atoms with Crippen molar-refractivity contribution in [1.82, 2.24) is 20.0 Å². The molecule has 1 aromatic carbocycles. The number of anilines is 1. The second kappa shape index (κ2) is 5.67. The molecule has 0 unspecified atom stereocenters. The monoisotopic (exact) mass is 295 g/mol. The summed E-state index contributed by atoms with van der Waals surface area (Å²) in [6, 6.07) is 10.2. The molecule has 0 saturated heterocycles. The van der Waals surface area contributed by atoms with E-state index in [1.807, 2.05) is 35.3 Å². The Kier molecular flexibility index (Phi) is 3.71. The number of rotatable bonds is 4. The number of aromatic amines is 1. The molecule has 2 N–H and O–H groups in total. The third-order valence-corrected chi connectivity index (χ3v) is 3.51. The Balaban J connectivity index is 1.73. The lowest BCUT2D eigenvalue weighted by Gasteiger charge is -2.18. The molecular weight excluding hydrogens is 274 g/mol. The van der Waals surface area contributed by atoms with E-state index in [-0.39, 0.29) is 5.54 Å². The summed E-state index contributed by atoms with van der Waals surface area (Å²) in [5.41, 5.74) is 4.27. The highest BCUT2D eigenvalue weighted by molar-refractivity contribution is 5.73. The van der Waals surface area contributed by atoms with E-state index in [1.165, 1.54) is 0 Å². The Labute approximate surface area is 130 Å². The summed E-state index contributed by atoms with van der Waals surface area (Å²) in [6.45, 7) is 7.14. The Morgan fingerprint density at radius 1 is 1.14 bits per heavy atom. The zero-order valence-electron chi connectivity index (χ0n) is 13.2. The second-order valence-electron chi connectivity index (χ2n) is 6.34. The molecule has 0 aliphatic rings. The maximum atomic E-state index is 4.42. The van der Waals surface area contributed by atoms with Crippen molar-refractivity contribution in [3.63, 3.8) is 0 Å². The molecular formula is C17H21N5. The zero-order chi connectivity index (χ0) is 15.6. The van der Waals surface area contributed by atoms with Crippen LogP contribution in [0.2, 0.25) is 0 Å². The van der Waals surface area contributed by atoms with Crippen molar-refractivity contribution < 1.29 is 0 Å². The van der Waals surface area contributed by atoms with Crippen LogP contribution in [-0.4, -0.2) is 20.0 Å². The maximum Gasteiger partial charge on any atom is 0.0882 e. The third-order valence-electron chi connectivity index (χ3n) is 3.51. The SMILES string of the molecule is CC(C)(C)n1cc(CNc2cn[nH]c2-c2ccccc2)cn1. The van der Waals surface area contributed by atoms with Crippen molar-refractivity contribution >= 4 is 5.69 Å². The van der Waals surface area contributed by atoms with E-state index in [1.54, 1.807) is 0 Å². The highest BCUT2D eigenvalue weighted by Gasteiger charge is 2.14. The first-order chi connectivity index (χ1) is 10.5. The van der Waals surface area contributed by atoms with Crippen LogP contribution >= 0.6 is 0 Å². The smallest absolute Gasteiger partial charge is 0.0882 e. The van der Waals surface area contributed by atoms with Crippen LogP contribution in [0.15, 0.2) is 48.9 Å². The van der Waals surface area contributed by atoms with Crippen LogP contribution < -0.4 is 5.32 Å². The molecule has 22 heavy (non-hydrogen) atoms. The minimum absolute atomic E-state index is 0.00306. The van der Waals surface area contributed by atoms with Gasteiger partial charge in [0.15, 0.2) is 0 Å². The molecule has 114 valence electrons. The molecule has 0 aliphatic carbocycles. The van der Waals surface area contributed by atoms with Gasteiger partial charge in [0.05, 0.1) is 29.3 Å². The van der Waals surface area contributed by atoms with Gasteiger partial charge in [0.25, 0.3) is 0 Å². The fraction of sp³-hybridized carbons (Fsp3) is 0.294. The van der Waals surface area contributed by atoms with Crippen LogP contribution in [-0.2, 0) is 12.1 Å². The van der Waals surface area contributed by atoms with Crippen molar-refractivity contribution in [2.75, 3.05) is 5.32 Å². The van der Waals surface area contributed by atoms with Crippen LogP contribution in [0, 0.1) is 0 Å². The van der Waals surface area contributed by atoms with E-state index in [9.17, 15) is 0 Å². The van der Waals surface area contributed by atoms with Gasteiger partial charge in [-0.25, -0.2) is 0 Å². The molecule has 5 nitrogen and oxygen atoms in total. The molecule has 0 bridgehead atoms. The summed E-state index contributed by atoms with van der Waals surface area (Å²) in [5.74, 6) is 0. The number of hydrogen-bond donors (Lipinski definition) is 2. The average molecular weight is 295 g/mol. The zero-order valence-corrected chi connectivity index (χ0v) is 13.2. The third kappa shape index (κ3) is 3.03. The molecule has 2 heterocycles. The summed E-state index contributed by atoms with van der Waals surface area (Å²) >= 11 is 0. The van der Waals surface area contributed by atoms with Crippen molar-refractivity contribution in [2.24, 2.45) is 0 Å². The first-order valence-corrected chi connectivity index (χ1v) is 7.41. The lowest BCUT2D eigenvalue weighted by atomic mass is 10.1. The predicted octanol–water partition coefficient (Wildman–Crippen LogP) is 3.64. The number of aromatic nitrogens is 4. The number of H-pyrrole nitrogens is 1. The van der Waals surface area contributed by atoms with E-state index in [2.05, 4.69) is 59.7 Å². The fourth-order valence-electron chi connectivity index (χ4n) is 2.26. The summed E-state index contributed by atoms with van der Waals surface area (Å²) in [5, 5.41) is 15.0. The molecule has 0 amide bonds. The van der Waals surface area contributed by atoms with E-state index >= 15 is 0 Å². The number of nitrogens with one attached hydrogen (secondary N) is 2. The molecule has 5 heteroatoms. The number of nitrogens with zero attached hydrogens (tertiary/aromatic N) is 3. The lowest BCUT2D eigenvalue weighted by molar-refractivity contribution is 0.355. The lowest BCUT2D eigenvalue weighted by Crippen LogP contribution is -2.21. The topological polar surface area (TPSA) is 58.5 Å². The van der Waals surface area contributed by atoms with E-state index < -0.39 is 0 Å². The molecule has 0 spiro atoms. The Morgan fingerprint density at radius 2 is 1.91 bits per heavy atom. The van der Waals surface area contributed by atoms with Crippen molar-refractivity contribution in [1.29, 1.82) is 0 Å². The van der Waals surface area contributed by atoms with Gasteiger partial charge in [-0.1, -0.05) is 30.3 Å². The number of benzene rings is 1.